The Morgan fingerprint density at radius 1 is 0.879 bits per heavy atom. The summed E-state index contributed by atoms with van der Waals surface area (Å²) in [5.41, 5.74) is 1.02. The van der Waals surface area contributed by atoms with Gasteiger partial charge in [-0.1, -0.05) is 30.3 Å². The molecule has 0 radical (unpaired) electrons. The highest BCUT2D eigenvalue weighted by Gasteiger charge is 2.20. The zero-order chi connectivity index (χ0) is 23.8. The first-order valence-corrected chi connectivity index (χ1v) is 11.4. The number of carbonyl (C=O) groups is 3. The summed E-state index contributed by atoms with van der Waals surface area (Å²) in [5, 5.41) is 2.60. The summed E-state index contributed by atoms with van der Waals surface area (Å²) in [4.78, 5) is 40.0. The van der Waals surface area contributed by atoms with Crippen LogP contribution in [-0.2, 0) is 21.4 Å². The third kappa shape index (κ3) is 6.23. The normalized spacial score (nSPS) is 10.8. The first-order chi connectivity index (χ1) is 15.8. The molecule has 0 fully saturated rings. The van der Waals surface area contributed by atoms with Crippen LogP contribution in [0.2, 0.25) is 0 Å². The average molecular weight is 468 g/mol. The molecule has 0 spiro atoms. The molecule has 0 atom stereocenters. The summed E-state index contributed by atoms with van der Waals surface area (Å²) < 4.78 is 32.1. The molecule has 2 aromatic carbocycles. The van der Waals surface area contributed by atoms with Crippen molar-refractivity contribution in [1.82, 2.24) is 15.0 Å². The van der Waals surface area contributed by atoms with Crippen LogP contribution in [0.5, 0.6) is 0 Å². The van der Waals surface area contributed by atoms with Gasteiger partial charge in [-0.05, 0) is 48.9 Å². The van der Waals surface area contributed by atoms with Crippen LogP contribution in [0.25, 0.3) is 0 Å². The van der Waals surface area contributed by atoms with Gasteiger partial charge in [0.15, 0.2) is 0 Å². The maximum atomic E-state index is 12.5. The monoisotopic (exact) mass is 467 g/mol. The zero-order valence-corrected chi connectivity index (χ0v) is 18.5. The topological polar surface area (TPSA) is 132 Å². The number of ether oxygens (including phenoxy) is 1. The largest absolute Gasteiger partial charge is 0.456 e. The van der Waals surface area contributed by atoms with Gasteiger partial charge in [0.25, 0.3) is 21.8 Å². The fraction of sp³-hybridized carbons (Fsp3) is 0.130. The zero-order valence-electron chi connectivity index (χ0n) is 17.6. The molecule has 1 aromatic heterocycles. The van der Waals surface area contributed by atoms with E-state index < -0.39 is 21.9 Å². The lowest BCUT2D eigenvalue weighted by atomic mass is 10.2. The van der Waals surface area contributed by atoms with E-state index >= 15 is 0 Å². The molecule has 33 heavy (non-hydrogen) atoms. The number of nitrogens with one attached hydrogen (secondary N) is 2. The van der Waals surface area contributed by atoms with Gasteiger partial charge in [0, 0.05) is 18.3 Å². The summed E-state index contributed by atoms with van der Waals surface area (Å²) in [6, 6.07) is 16.8. The van der Waals surface area contributed by atoms with Gasteiger partial charge in [-0.3, -0.25) is 9.59 Å². The molecule has 10 heteroatoms. The molecular formula is C23H21N3O6S. The molecule has 2 N–H and O–H groups in total. The lowest BCUT2D eigenvalue weighted by Gasteiger charge is -2.08. The van der Waals surface area contributed by atoms with E-state index in [0.29, 0.717) is 12.1 Å². The van der Waals surface area contributed by atoms with E-state index in [1.165, 1.54) is 36.4 Å². The Hall–Kier alpha value is -4.05. The Labute approximate surface area is 190 Å². The van der Waals surface area contributed by atoms with Crippen molar-refractivity contribution in [3.8, 4) is 0 Å². The predicted molar refractivity (Wildman–Crippen MR) is 119 cm³/mol. The predicted octanol–water partition coefficient (Wildman–Crippen LogP) is 2.31. The number of pyridine rings is 1. The van der Waals surface area contributed by atoms with Crippen molar-refractivity contribution in [3.63, 3.8) is 0 Å². The van der Waals surface area contributed by atoms with Gasteiger partial charge < -0.3 is 10.1 Å². The number of hydrogen-bond donors (Lipinski definition) is 2. The highest BCUT2D eigenvalue weighted by Crippen LogP contribution is 2.12. The van der Waals surface area contributed by atoms with Crippen LogP contribution in [0.3, 0.4) is 0 Å². The van der Waals surface area contributed by atoms with Crippen molar-refractivity contribution in [2.75, 3.05) is 6.54 Å². The second-order valence-corrected chi connectivity index (χ2v) is 8.49. The van der Waals surface area contributed by atoms with E-state index in [1.807, 2.05) is 35.1 Å². The van der Waals surface area contributed by atoms with Gasteiger partial charge in [-0.15, -0.1) is 0 Å². The number of nitrogens with zero attached hydrogens (tertiary/aromatic N) is 1. The molecule has 170 valence electrons. The molecule has 0 saturated carbocycles. The number of aromatic nitrogens is 1. The third-order valence-electron chi connectivity index (χ3n) is 4.44. The van der Waals surface area contributed by atoms with Gasteiger partial charge in [-0.25, -0.2) is 22.9 Å². The molecule has 3 rings (SSSR count). The van der Waals surface area contributed by atoms with Crippen molar-refractivity contribution in [3.05, 3.63) is 95.3 Å². The molecule has 0 aliphatic heterocycles. The van der Waals surface area contributed by atoms with Crippen molar-refractivity contribution < 1.29 is 27.5 Å². The number of sulfonamides is 1. The van der Waals surface area contributed by atoms with E-state index in [4.69, 9.17) is 4.74 Å². The average Bonchev–Trinajstić information content (AvgIpc) is 2.83. The van der Waals surface area contributed by atoms with E-state index in [0.717, 1.165) is 11.8 Å². The minimum absolute atomic E-state index is 0.0220. The van der Waals surface area contributed by atoms with Crippen LogP contribution >= 0.6 is 0 Å². The SMILES string of the molecule is CCNC(=O)c1ccc(S(=O)(=O)NC(=O)c2ccc(C(=O)OCc3ccccc3)nc2)cc1. The Balaban J connectivity index is 1.62. The highest BCUT2D eigenvalue weighted by atomic mass is 32.2. The fourth-order valence-corrected chi connectivity index (χ4v) is 3.71. The smallest absolute Gasteiger partial charge is 0.357 e. The molecule has 0 unspecified atom stereocenters. The van der Waals surface area contributed by atoms with Crippen LogP contribution in [-0.4, -0.2) is 37.7 Å². The van der Waals surface area contributed by atoms with Gasteiger partial charge in [0.2, 0.25) is 0 Å². The molecule has 0 saturated heterocycles. The molecule has 0 bridgehead atoms. The first-order valence-electron chi connectivity index (χ1n) is 9.92. The van der Waals surface area contributed by atoms with E-state index in [1.54, 1.807) is 6.92 Å². The minimum Gasteiger partial charge on any atom is -0.456 e. The molecule has 3 aromatic rings. The molecule has 0 aliphatic rings. The summed E-state index contributed by atoms with van der Waals surface area (Å²) in [6.45, 7) is 2.27. The molecular weight excluding hydrogens is 446 g/mol. The second kappa shape index (κ2) is 10.5. The van der Waals surface area contributed by atoms with Gasteiger partial charge >= 0.3 is 5.97 Å². The number of carbonyl (C=O) groups excluding carboxylic acids is 3. The lowest BCUT2D eigenvalue weighted by Crippen LogP contribution is -2.31. The molecule has 0 aliphatic carbocycles. The summed E-state index contributed by atoms with van der Waals surface area (Å²) >= 11 is 0. The van der Waals surface area contributed by atoms with Crippen molar-refractivity contribution >= 4 is 27.8 Å². The summed E-state index contributed by atoms with van der Waals surface area (Å²) in [7, 11) is -4.18. The van der Waals surface area contributed by atoms with Gasteiger partial charge in [0.05, 0.1) is 10.5 Å². The van der Waals surface area contributed by atoms with E-state index in [9.17, 15) is 22.8 Å². The number of rotatable bonds is 8. The second-order valence-electron chi connectivity index (χ2n) is 6.81. The Bertz CT molecular complexity index is 1240. The quantitative estimate of drug-likeness (QED) is 0.486. The summed E-state index contributed by atoms with van der Waals surface area (Å²) in [5.74, 6) is -1.93. The van der Waals surface area contributed by atoms with Crippen LogP contribution < -0.4 is 10.0 Å². The number of esters is 1. The summed E-state index contributed by atoms with van der Waals surface area (Å²) in [6.07, 6.45) is 1.09. The number of benzene rings is 2. The van der Waals surface area contributed by atoms with Crippen molar-refractivity contribution in [1.29, 1.82) is 0 Å². The molecule has 9 nitrogen and oxygen atoms in total. The van der Waals surface area contributed by atoms with Crippen LogP contribution in [0.1, 0.15) is 43.7 Å². The third-order valence-corrected chi connectivity index (χ3v) is 5.79. The highest BCUT2D eigenvalue weighted by molar-refractivity contribution is 7.90. The van der Waals surface area contributed by atoms with Crippen molar-refractivity contribution in [2.24, 2.45) is 0 Å². The maximum absolute atomic E-state index is 12.5. The Morgan fingerprint density at radius 2 is 1.55 bits per heavy atom. The lowest BCUT2D eigenvalue weighted by molar-refractivity contribution is 0.0465. The van der Waals surface area contributed by atoms with Gasteiger partial charge in [-0.2, -0.15) is 0 Å². The molecule has 1 heterocycles. The maximum Gasteiger partial charge on any atom is 0.357 e. The molecule has 2 amide bonds. The van der Waals surface area contributed by atoms with Crippen LogP contribution in [0.4, 0.5) is 0 Å². The van der Waals surface area contributed by atoms with Crippen molar-refractivity contribution in [2.45, 2.75) is 18.4 Å². The van der Waals surface area contributed by atoms with Gasteiger partial charge in [0.1, 0.15) is 12.3 Å². The van der Waals surface area contributed by atoms with E-state index in [-0.39, 0.29) is 28.7 Å². The fourth-order valence-electron chi connectivity index (χ4n) is 2.73. The van der Waals surface area contributed by atoms with Crippen LogP contribution in [0.15, 0.2) is 77.8 Å². The van der Waals surface area contributed by atoms with E-state index in [2.05, 4.69) is 10.3 Å². The standard InChI is InChI=1S/C23H21N3O6S/c1-2-24-21(27)17-8-11-19(12-9-17)33(30,31)26-22(28)18-10-13-20(25-14-18)23(29)32-15-16-6-4-3-5-7-16/h3-14H,2,15H2,1H3,(H,24,27)(H,26,28). The minimum atomic E-state index is -4.18. The first kappa shape index (κ1) is 23.6. The van der Waals surface area contributed by atoms with Crippen LogP contribution in [0, 0.1) is 0 Å². The Kier molecular flexibility index (Phi) is 7.52. The number of amides is 2. The Morgan fingerprint density at radius 3 is 2.15 bits per heavy atom. The number of hydrogen-bond acceptors (Lipinski definition) is 7.